The van der Waals surface area contributed by atoms with Gasteiger partial charge in [-0.2, -0.15) is 0 Å². The predicted molar refractivity (Wildman–Crippen MR) is 120 cm³/mol. The molecular formula is C24H27N5O3. The summed E-state index contributed by atoms with van der Waals surface area (Å²) in [5, 5.41) is 4.04. The van der Waals surface area contributed by atoms with Gasteiger partial charge in [-0.3, -0.25) is 9.59 Å². The maximum Gasteiger partial charge on any atom is 0.257 e. The molecule has 2 aliphatic rings. The SMILES string of the molecule is COc1ccc2[nH]cc(CCNC(=O)CN3CCCc4nc(C5CC5)ncc4C3=O)c2c1. The van der Waals surface area contributed by atoms with Crippen molar-refractivity contribution >= 4 is 22.7 Å². The van der Waals surface area contributed by atoms with Crippen LogP contribution in [-0.2, 0) is 17.6 Å². The summed E-state index contributed by atoms with van der Waals surface area (Å²) in [5.74, 6) is 1.81. The van der Waals surface area contributed by atoms with Gasteiger partial charge in [0.05, 0.1) is 24.9 Å². The lowest BCUT2D eigenvalue weighted by atomic mass is 10.1. The first-order valence-electron chi connectivity index (χ1n) is 11.2. The standard InChI is InChI=1S/C24H27N5O3/c1-32-17-6-7-20-18(11-17)16(12-26-20)8-9-25-22(30)14-29-10-2-3-21-19(24(29)31)13-27-23(28-21)15-4-5-15/h6-7,11-13,15,26H,2-5,8-10,14H2,1H3,(H,25,30). The molecule has 166 valence electrons. The van der Waals surface area contributed by atoms with Gasteiger partial charge in [0.15, 0.2) is 0 Å². The minimum absolute atomic E-state index is 0.0460. The van der Waals surface area contributed by atoms with Crippen molar-refractivity contribution in [1.82, 2.24) is 25.2 Å². The largest absolute Gasteiger partial charge is 0.497 e. The van der Waals surface area contributed by atoms with Crippen LogP contribution >= 0.6 is 0 Å². The van der Waals surface area contributed by atoms with E-state index < -0.39 is 0 Å². The maximum atomic E-state index is 13.0. The van der Waals surface area contributed by atoms with Gasteiger partial charge in [-0.1, -0.05) is 0 Å². The first kappa shape index (κ1) is 20.5. The summed E-state index contributed by atoms with van der Waals surface area (Å²) in [4.78, 5) is 39.5. The van der Waals surface area contributed by atoms with Gasteiger partial charge in [-0.15, -0.1) is 0 Å². The lowest BCUT2D eigenvalue weighted by molar-refractivity contribution is -0.121. The third-order valence-corrected chi connectivity index (χ3v) is 6.21. The molecule has 2 amide bonds. The smallest absolute Gasteiger partial charge is 0.257 e. The molecule has 8 heteroatoms. The van der Waals surface area contributed by atoms with Gasteiger partial charge < -0.3 is 19.9 Å². The number of carbonyl (C=O) groups is 2. The Labute approximate surface area is 186 Å². The van der Waals surface area contributed by atoms with Crippen LogP contribution in [0.1, 0.15) is 52.6 Å². The number of carbonyl (C=O) groups excluding carboxylic acids is 2. The van der Waals surface area contributed by atoms with E-state index in [4.69, 9.17) is 4.74 Å². The molecule has 1 fully saturated rings. The number of aromatic nitrogens is 3. The number of hydrogen-bond acceptors (Lipinski definition) is 5. The van der Waals surface area contributed by atoms with Crippen molar-refractivity contribution in [2.75, 3.05) is 26.7 Å². The minimum Gasteiger partial charge on any atom is -0.497 e. The number of ether oxygens (including phenoxy) is 1. The lowest BCUT2D eigenvalue weighted by Crippen LogP contribution is -2.41. The van der Waals surface area contributed by atoms with Crippen LogP contribution in [-0.4, -0.2) is 58.4 Å². The normalized spacial score (nSPS) is 16.0. The summed E-state index contributed by atoms with van der Waals surface area (Å²) in [6.45, 7) is 1.09. The summed E-state index contributed by atoms with van der Waals surface area (Å²) in [6, 6.07) is 5.89. The second-order valence-electron chi connectivity index (χ2n) is 8.52. The van der Waals surface area contributed by atoms with Crippen LogP contribution in [0.3, 0.4) is 0 Å². The van der Waals surface area contributed by atoms with Crippen LogP contribution < -0.4 is 10.1 Å². The van der Waals surface area contributed by atoms with Crippen molar-refractivity contribution in [3.8, 4) is 5.75 Å². The summed E-state index contributed by atoms with van der Waals surface area (Å²) >= 11 is 0. The van der Waals surface area contributed by atoms with Gasteiger partial charge in [-0.25, -0.2) is 9.97 Å². The molecule has 2 aromatic heterocycles. The van der Waals surface area contributed by atoms with Crippen molar-refractivity contribution in [3.63, 3.8) is 0 Å². The Morgan fingerprint density at radius 2 is 2.22 bits per heavy atom. The zero-order valence-corrected chi connectivity index (χ0v) is 18.2. The molecule has 3 aromatic rings. The number of nitrogens with one attached hydrogen (secondary N) is 2. The fourth-order valence-corrected chi connectivity index (χ4v) is 4.26. The molecule has 1 aliphatic carbocycles. The van der Waals surface area contributed by atoms with Gasteiger partial charge in [0.1, 0.15) is 11.6 Å². The highest BCUT2D eigenvalue weighted by Crippen LogP contribution is 2.38. The van der Waals surface area contributed by atoms with Crippen molar-refractivity contribution in [1.29, 1.82) is 0 Å². The molecule has 0 radical (unpaired) electrons. The van der Waals surface area contributed by atoms with Gasteiger partial charge in [-0.05, 0) is 55.9 Å². The molecule has 0 bridgehead atoms. The van der Waals surface area contributed by atoms with Gasteiger partial charge in [0, 0.05) is 42.3 Å². The molecule has 0 saturated heterocycles. The van der Waals surface area contributed by atoms with Crippen LogP contribution in [0.25, 0.3) is 10.9 Å². The molecule has 2 N–H and O–H groups in total. The summed E-state index contributed by atoms with van der Waals surface area (Å²) < 4.78 is 5.31. The summed E-state index contributed by atoms with van der Waals surface area (Å²) in [5.41, 5.74) is 3.51. The second kappa shape index (κ2) is 8.61. The topological polar surface area (TPSA) is 100 Å². The number of aryl methyl sites for hydroxylation is 1. The molecular weight excluding hydrogens is 406 g/mol. The van der Waals surface area contributed by atoms with Gasteiger partial charge >= 0.3 is 0 Å². The van der Waals surface area contributed by atoms with E-state index in [2.05, 4.69) is 20.3 Å². The second-order valence-corrected chi connectivity index (χ2v) is 8.52. The van der Waals surface area contributed by atoms with Crippen LogP contribution in [0.5, 0.6) is 5.75 Å². The zero-order chi connectivity index (χ0) is 22.1. The van der Waals surface area contributed by atoms with Crippen LogP contribution in [0.15, 0.2) is 30.6 Å². The van der Waals surface area contributed by atoms with E-state index in [0.29, 0.717) is 31.0 Å². The third kappa shape index (κ3) is 4.17. The minimum atomic E-state index is -0.158. The summed E-state index contributed by atoms with van der Waals surface area (Å²) in [7, 11) is 1.65. The Kier molecular flexibility index (Phi) is 5.51. The van der Waals surface area contributed by atoms with Crippen molar-refractivity contribution in [3.05, 3.63) is 53.2 Å². The highest BCUT2D eigenvalue weighted by atomic mass is 16.5. The molecule has 8 nitrogen and oxygen atoms in total. The Balaban J connectivity index is 1.18. The van der Waals surface area contributed by atoms with Gasteiger partial charge in [0.25, 0.3) is 5.91 Å². The maximum absolute atomic E-state index is 13.0. The number of methoxy groups -OCH3 is 1. The molecule has 1 aromatic carbocycles. The lowest BCUT2D eigenvalue weighted by Gasteiger charge is -2.20. The van der Waals surface area contributed by atoms with E-state index in [9.17, 15) is 9.59 Å². The quantitative estimate of drug-likeness (QED) is 0.597. The van der Waals surface area contributed by atoms with E-state index in [-0.39, 0.29) is 18.4 Å². The van der Waals surface area contributed by atoms with E-state index in [1.807, 2.05) is 24.4 Å². The Morgan fingerprint density at radius 3 is 3.03 bits per heavy atom. The molecule has 32 heavy (non-hydrogen) atoms. The van der Waals surface area contributed by atoms with E-state index >= 15 is 0 Å². The zero-order valence-electron chi connectivity index (χ0n) is 18.2. The molecule has 0 atom stereocenters. The third-order valence-electron chi connectivity index (χ3n) is 6.21. The Morgan fingerprint density at radius 1 is 1.34 bits per heavy atom. The average Bonchev–Trinajstić information content (AvgIpc) is 3.60. The first-order valence-corrected chi connectivity index (χ1v) is 11.2. The number of benzene rings is 1. The van der Waals surface area contributed by atoms with E-state index in [0.717, 1.165) is 59.4 Å². The fourth-order valence-electron chi connectivity index (χ4n) is 4.26. The number of amides is 2. The predicted octanol–water partition coefficient (Wildman–Crippen LogP) is 2.59. The van der Waals surface area contributed by atoms with Crippen LogP contribution in [0.4, 0.5) is 0 Å². The van der Waals surface area contributed by atoms with Crippen molar-refractivity contribution in [2.45, 2.75) is 38.0 Å². The number of H-pyrrole nitrogens is 1. The molecule has 0 unspecified atom stereocenters. The van der Waals surface area contributed by atoms with Crippen LogP contribution in [0.2, 0.25) is 0 Å². The Hall–Kier alpha value is -3.42. The van der Waals surface area contributed by atoms with E-state index in [1.54, 1.807) is 18.2 Å². The molecule has 5 rings (SSSR count). The average molecular weight is 434 g/mol. The summed E-state index contributed by atoms with van der Waals surface area (Å²) in [6.07, 6.45) is 8.10. The van der Waals surface area contributed by atoms with Crippen molar-refractivity contribution in [2.24, 2.45) is 0 Å². The monoisotopic (exact) mass is 433 g/mol. The number of aromatic amines is 1. The van der Waals surface area contributed by atoms with Crippen LogP contribution in [0, 0.1) is 0 Å². The van der Waals surface area contributed by atoms with Crippen molar-refractivity contribution < 1.29 is 14.3 Å². The number of fused-ring (bicyclic) bond motifs is 2. The fraction of sp³-hybridized carbons (Fsp3) is 0.417. The molecule has 0 spiro atoms. The molecule has 3 heterocycles. The molecule has 1 aliphatic heterocycles. The molecule has 1 saturated carbocycles. The highest BCUT2D eigenvalue weighted by Gasteiger charge is 2.30. The Bertz CT molecular complexity index is 1170. The number of nitrogens with zero attached hydrogens (tertiary/aromatic N) is 3. The van der Waals surface area contributed by atoms with Gasteiger partial charge in [0.2, 0.25) is 5.91 Å². The highest BCUT2D eigenvalue weighted by molar-refractivity contribution is 5.97. The number of rotatable bonds is 7. The number of hydrogen-bond donors (Lipinski definition) is 2. The van der Waals surface area contributed by atoms with E-state index in [1.165, 1.54) is 0 Å². The first-order chi connectivity index (χ1) is 15.6.